The first-order valence-corrected chi connectivity index (χ1v) is 6.78. The molecule has 0 saturated carbocycles. The SMILES string of the molecule is CC1(C)Cc2c(sc3nc(N)c(C#N)c(N)c23)CO1. The number of thiophene rings is 1. The zero-order chi connectivity index (χ0) is 13.8. The minimum atomic E-state index is -0.221. The summed E-state index contributed by atoms with van der Waals surface area (Å²) >= 11 is 1.54. The molecule has 19 heavy (non-hydrogen) atoms. The lowest BCUT2D eigenvalue weighted by Gasteiger charge is -2.30. The number of anilines is 2. The number of pyridine rings is 1. The number of nitrogen functional groups attached to an aromatic ring is 2. The van der Waals surface area contributed by atoms with Crippen LogP contribution in [0.25, 0.3) is 10.2 Å². The molecule has 2 aromatic heterocycles. The number of hydrogen-bond acceptors (Lipinski definition) is 6. The smallest absolute Gasteiger partial charge is 0.145 e. The Bertz CT molecular complexity index is 727. The molecule has 0 bridgehead atoms. The lowest BCUT2D eigenvalue weighted by atomic mass is 9.93. The van der Waals surface area contributed by atoms with E-state index in [1.165, 1.54) is 0 Å². The number of nitrogens with two attached hydrogens (primary N) is 2. The number of hydrogen-bond donors (Lipinski definition) is 2. The molecular formula is C13H14N4OS. The van der Waals surface area contributed by atoms with Gasteiger partial charge in [0.1, 0.15) is 22.3 Å². The summed E-state index contributed by atoms with van der Waals surface area (Å²) in [5.74, 6) is 0.200. The third-order valence-electron chi connectivity index (χ3n) is 3.40. The van der Waals surface area contributed by atoms with Gasteiger partial charge in [0.25, 0.3) is 0 Å². The van der Waals surface area contributed by atoms with E-state index in [0.717, 1.165) is 27.1 Å². The van der Waals surface area contributed by atoms with Gasteiger partial charge in [-0.3, -0.25) is 0 Å². The van der Waals surface area contributed by atoms with Crippen LogP contribution in [0.5, 0.6) is 0 Å². The summed E-state index contributed by atoms with van der Waals surface area (Å²) in [5.41, 5.74) is 13.5. The van der Waals surface area contributed by atoms with Gasteiger partial charge in [-0.05, 0) is 19.4 Å². The van der Waals surface area contributed by atoms with Crippen LogP contribution in [0, 0.1) is 11.3 Å². The van der Waals surface area contributed by atoms with Gasteiger partial charge in [0.2, 0.25) is 0 Å². The Kier molecular flexibility index (Phi) is 2.46. The Hall–Kier alpha value is -1.84. The molecule has 0 aromatic carbocycles. The molecule has 2 aromatic rings. The Morgan fingerprint density at radius 3 is 2.84 bits per heavy atom. The van der Waals surface area contributed by atoms with Gasteiger partial charge in [-0.15, -0.1) is 11.3 Å². The topological polar surface area (TPSA) is 98.0 Å². The third kappa shape index (κ3) is 1.74. The van der Waals surface area contributed by atoms with Crippen LogP contribution >= 0.6 is 11.3 Å². The minimum absolute atomic E-state index is 0.200. The molecule has 3 heterocycles. The van der Waals surface area contributed by atoms with E-state index in [0.29, 0.717) is 12.3 Å². The number of ether oxygens (including phenoxy) is 1. The van der Waals surface area contributed by atoms with Crippen LogP contribution < -0.4 is 11.5 Å². The highest BCUT2D eigenvalue weighted by Crippen LogP contribution is 2.42. The van der Waals surface area contributed by atoms with E-state index in [-0.39, 0.29) is 17.0 Å². The van der Waals surface area contributed by atoms with Crippen molar-refractivity contribution in [3.05, 3.63) is 16.0 Å². The zero-order valence-corrected chi connectivity index (χ0v) is 11.6. The molecule has 5 nitrogen and oxygen atoms in total. The van der Waals surface area contributed by atoms with Gasteiger partial charge in [0.15, 0.2) is 0 Å². The van der Waals surface area contributed by atoms with Crippen LogP contribution in [-0.4, -0.2) is 10.6 Å². The summed E-state index contributed by atoms with van der Waals surface area (Å²) in [7, 11) is 0. The highest BCUT2D eigenvalue weighted by Gasteiger charge is 2.31. The number of nitrogens with zero attached hydrogens (tertiary/aromatic N) is 2. The fourth-order valence-electron chi connectivity index (χ4n) is 2.44. The summed E-state index contributed by atoms with van der Waals surface area (Å²) in [6, 6.07) is 2.03. The van der Waals surface area contributed by atoms with E-state index in [4.69, 9.17) is 21.5 Å². The van der Waals surface area contributed by atoms with Gasteiger partial charge >= 0.3 is 0 Å². The van der Waals surface area contributed by atoms with Crippen LogP contribution in [0.15, 0.2) is 0 Å². The van der Waals surface area contributed by atoms with Crippen molar-refractivity contribution in [3.8, 4) is 6.07 Å². The van der Waals surface area contributed by atoms with Crippen molar-refractivity contribution in [1.29, 1.82) is 5.26 Å². The molecular weight excluding hydrogens is 260 g/mol. The van der Waals surface area contributed by atoms with Gasteiger partial charge in [0, 0.05) is 16.7 Å². The van der Waals surface area contributed by atoms with Crippen LogP contribution in [-0.2, 0) is 17.8 Å². The fourth-order valence-corrected chi connectivity index (χ4v) is 3.57. The maximum Gasteiger partial charge on any atom is 0.145 e. The second kappa shape index (κ2) is 3.83. The Morgan fingerprint density at radius 1 is 1.42 bits per heavy atom. The van der Waals surface area contributed by atoms with E-state index >= 15 is 0 Å². The number of fused-ring (bicyclic) bond motifs is 3. The first kappa shape index (κ1) is 12.2. The van der Waals surface area contributed by atoms with Crippen molar-refractivity contribution >= 4 is 33.1 Å². The second-order valence-corrected chi connectivity index (χ2v) is 6.39. The molecule has 0 spiro atoms. The van der Waals surface area contributed by atoms with Crippen molar-refractivity contribution < 1.29 is 4.74 Å². The quantitative estimate of drug-likeness (QED) is 0.767. The average molecular weight is 274 g/mol. The number of rotatable bonds is 0. The largest absolute Gasteiger partial charge is 0.397 e. The molecule has 0 unspecified atom stereocenters. The van der Waals surface area contributed by atoms with E-state index in [1.807, 2.05) is 19.9 Å². The predicted molar refractivity (Wildman–Crippen MR) is 75.7 cm³/mol. The monoisotopic (exact) mass is 274 g/mol. The number of nitriles is 1. The second-order valence-electron chi connectivity index (χ2n) is 5.31. The normalized spacial score (nSPS) is 17.1. The van der Waals surface area contributed by atoms with Gasteiger partial charge in [-0.2, -0.15) is 5.26 Å². The van der Waals surface area contributed by atoms with Crippen LogP contribution in [0.3, 0.4) is 0 Å². The summed E-state index contributed by atoms with van der Waals surface area (Å²) < 4.78 is 5.79. The molecule has 0 atom stereocenters. The van der Waals surface area contributed by atoms with Crippen LogP contribution in [0.1, 0.15) is 29.9 Å². The Morgan fingerprint density at radius 2 is 2.16 bits per heavy atom. The van der Waals surface area contributed by atoms with Crippen molar-refractivity contribution in [1.82, 2.24) is 4.98 Å². The molecule has 0 saturated heterocycles. The molecule has 3 rings (SSSR count). The molecule has 1 aliphatic heterocycles. The minimum Gasteiger partial charge on any atom is -0.397 e. The van der Waals surface area contributed by atoms with E-state index in [2.05, 4.69) is 4.98 Å². The summed E-state index contributed by atoms with van der Waals surface area (Å²) in [5, 5.41) is 10.0. The average Bonchev–Trinajstić information content (AvgIpc) is 2.65. The first-order chi connectivity index (χ1) is 8.93. The molecule has 4 N–H and O–H groups in total. The molecule has 98 valence electrons. The Balaban J connectivity index is 2.34. The van der Waals surface area contributed by atoms with E-state index in [1.54, 1.807) is 11.3 Å². The van der Waals surface area contributed by atoms with Gasteiger partial charge in [-0.25, -0.2) is 4.98 Å². The highest BCUT2D eigenvalue weighted by molar-refractivity contribution is 7.19. The number of aromatic nitrogens is 1. The van der Waals surface area contributed by atoms with Crippen molar-refractivity contribution in [2.24, 2.45) is 0 Å². The van der Waals surface area contributed by atoms with Gasteiger partial charge in [-0.1, -0.05) is 0 Å². The van der Waals surface area contributed by atoms with Crippen molar-refractivity contribution in [2.45, 2.75) is 32.5 Å². The molecule has 0 aliphatic carbocycles. The van der Waals surface area contributed by atoms with Crippen LogP contribution in [0.2, 0.25) is 0 Å². The first-order valence-electron chi connectivity index (χ1n) is 5.96. The van der Waals surface area contributed by atoms with E-state index in [9.17, 15) is 0 Å². The van der Waals surface area contributed by atoms with E-state index < -0.39 is 0 Å². The van der Waals surface area contributed by atoms with Gasteiger partial charge < -0.3 is 16.2 Å². The maximum absolute atomic E-state index is 9.13. The molecule has 6 heteroatoms. The molecule has 1 aliphatic rings. The van der Waals surface area contributed by atoms with Crippen molar-refractivity contribution in [3.63, 3.8) is 0 Å². The third-order valence-corrected chi connectivity index (χ3v) is 4.50. The maximum atomic E-state index is 9.13. The summed E-state index contributed by atoms with van der Waals surface area (Å²) in [4.78, 5) is 6.22. The lowest BCUT2D eigenvalue weighted by Crippen LogP contribution is -2.31. The van der Waals surface area contributed by atoms with Crippen LogP contribution in [0.4, 0.5) is 11.5 Å². The summed E-state index contributed by atoms with van der Waals surface area (Å²) in [6.45, 7) is 4.65. The predicted octanol–water partition coefficient (Wildman–Crippen LogP) is 2.18. The molecule has 0 radical (unpaired) electrons. The molecule has 0 fully saturated rings. The standard InChI is InChI=1S/C13H14N4OS/c1-13(2)3-6-8(5-18-13)19-12-9(6)10(15)7(4-14)11(16)17-12/h3,5H2,1-2H3,(H4,15,16,17). The van der Waals surface area contributed by atoms with Gasteiger partial charge in [0.05, 0.1) is 17.9 Å². The van der Waals surface area contributed by atoms with Crippen molar-refractivity contribution in [2.75, 3.05) is 11.5 Å². The fraction of sp³-hybridized carbons (Fsp3) is 0.385. The Labute approximate surface area is 114 Å². The lowest BCUT2D eigenvalue weighted by molar-refractivity contribution is -0.0379. The summed E-state index contributed by atoms with van der Waals surface area (Å²) in [6.07, 6.45) is 0.767. The molecule has 0 amide bonds. The highest BCUT2D eigenvalue weighted by atomic mass is 32.1. The zero-order valence-electron chi connectivity index (χ0n) is 10.8.